The van der Waals surface area contributed by atoms with E-state index in [1.54, 1.807) is 6.92 Å². The lowest BCUT2D eigenvalue weighted by atomic mass is 10.3. The number of anilines is 2. The summed E-state index contributed by atoms with van der Waals surface area (Å²) in [6.07, 6.45) is 0. The normalized spacial score (nSPS) is 10.9. The fraction of sp³-hybridized carbons (Fsp3) is 0.0667. The van der Waals surface area contributed by atoms with Gasteiger partial charge in [0.1, 0.15) is 5.71 Å². The molecule has 96 valence electrons. The Kier molecular flexibility index (Phi) is 4.29. The maximum absolute atomic E-state index is 11.9. The summed E-state index contributed by atoms with van der Waals surface area (Å²) in [5.41, 5.74) is 4.80. The lowest BCUT2D eigenvalue weighted by Gasteiger charge is -2.05. The van der Waals surface area contributed by atoms with Gasteiger partial charge in [0, 0.05) is 5.69 Å². The molecule has 0 aliphatic heterocycles. The molecule has 0 heterocycles. The van der Waals surface area contributed by atoms with Crippen molar-refractivity contribution in [3.63, 3.8) is 0 Å². The van der Waals surface area contributed by atoms with E-state index in [0.29, 0.717) is 5.71 Å². The number of para-hydroxylation sites is 2. The third kappa shape index (κ3) is 3.96. The lowest BCUT2D eigenvalue weighted by molar-refractivity contribution is -0.110. The van der Waals surface area contributed by atoms with Crippen LogP contribution in [0.15, 0.2) is 65.8 Å². The van der Waals surface area contributed by atoms with Crippen molar-refractivity contribution in [2.75, 3.05) is 10.7 Å². The van der Waals surface area contributed by atoms with Crippen LogP contribution in [0.2, 0.25) is 0 Å². The molecule has 0 fully saturated rings. The number of benzene rings is 2. The third-order valence-electron chi connectivity index (χ3n) is 2.49. The van der Waals surface area contributed by atoms with Gasteiger partial charge in [-0.05, 0) is 31.2 Å². The highest BCUT2D eigenvalue weighted by molar-refractivity contribution is 6.42. The maximum Gasteiger partial charge on any atom is 0.271 e. The minimum atomic E-state index is -0.227. The number of nitrogens with zero attached hydrogens (tertiary/aromatic N) is 1. The van der Waals surface area contributed by atoms with Crippen molar-refractivity contribution in [2.45, 2.75) is 6.92 Å². The second-order valence-electron chi connectivity index (χ2n) is 4.00. The Bertz CT molecular complexity index is 564. The topological polar surface area (TPSA) is 53.5 Å². The first-order chi connectivity index (χ1) is 9.25. The maximum atomic E-state index is 11.9. The minimum Gasteiger partial charge on any atom is -0.321 e. The van der Waals surface area contributed by atoms with E-state index < -0.39 is 0 Å². The van der Waals surface area contributed by atoms with Crippen molar-refractivity contribution in [3.05, 3.63) is 60.7 Å². The number of hydrazone groups is 1. The molecule has 19 heavy (non-hydrogen) atoms. The van der Waals surface area contributed by atoms with Gasteiger partial charge in [-0.1, -0.05) is 36.4 Å². The van der Waals surface area contributed by atoms with Gasteiger partial charge in [-0.15, -0.1) is 0 Å². The van der Waals surface area contributed by atoms with Crippen molar-refractivity contribution in [1.82, 2.24) is 0 Å². The molecule has 0 saturated carbocycles. The van der Waals surface area contributed by atoms with Crippen LogP contribution in [-0.2, 0) is 4.79 Å². The van der Waals surface area contributed by atoms with Gasteiger partial charge in [0.15, 0.2) is 0 Å². The number of carbonyl (C=O) groups excluding carboxylic acids is 1. The van der Waals surface area contributed by atoms with Gasteiger partial charge in [-0.3, -0.25) is 10.2 Å². The predicted octanol–water partition coefficient (Wildman–Crippen LogP) is 3.11. The molecular formula is C15H15N3O. The molecule has 0 atom stereocenters. The molecule has 2 aromatic rings. The fourth-order valence-corrected chi connectivity index (χ4v) is 1.45. The number of rotatable bonds is 4. The zero-order valence-electron chi connectivity index (χ0n) is 10.6. The van der Waals surface area contributed by atoms with Crippen molar-refractivity contribution in [3.8, 4) is 0 Å². The Labute approximate surface area is 112 Å². The molecule has 0 unspecified atom stereocenters. The van der Waals surface area contributed by atoms with Crippen LogP contribution in [-0.4, -0.2) is 11.6 Å². The van der Waals surface area contributed by atoms with E-state index in [-0.39, 0.29) is 5.91 Å². The molecule has 0 saturated heterocycles. The predicted molar refractivity (Wildman–Crippen MR) is 78.2 cm³/mol. The standard InChI is InChI=1S/C15H15N3O/c1-12(17-18-14-10-6-3-7-11-14)15(19)16-13-8-4-2-5-9-13/h2-11,18H,1H3,(H,16,19)/b17-12+. The first-order valence-corrected chi connectivity index (χ1v) is 5.97. The Morgan fingerprint density at radius 1 is 0.895 bits per heavy atom. The average molecular weight is 253 g/mol. The van der Waals surface area contributed by atoms with Crippen LogP contribution in [0.3, 0.4) is 0 Å². The summed E-state index contributed by atoms with van der Waals surface area (Å²) in [5, 5.41) is 6.81. The number of hydrogen-bond acceptors (Lipinski definition) is 3. The SMILES string of the molecule is C/C(=N\Nc1ccccc1)C(=O)Nc1ccccc1. The molecular weight excluding hydrogens is 238 g/mol. The van der Waals surface area contributed by atoms with Crippen molar-refractivity contribution in [2.24, 2.45) is 5.10 Å². The molecule has 4 nitrogen and oxygen atoms in total. The molecule has 2 aromatic carbocycles. The first-order valence-electron chi connectivity index (χ1n) is 5.97. The van der Waals surface area contributed by atoms with Crippen LogP contribution in [0.4, 0.5) is 11.4 Å². The molecule has 2 N–H and O–H groups in total. The first kappa shape index (κ1) is 12.8. The summed E-state index contributed by atoms with van der Waals surface area (Å²) in [7, 11) is 0. The smallest absolute Gasteiger partial charge is 0.271 e. The van der Waals surface area contributed by atoms with Gasteiger partial charge in [-0.2, -0.15) is 5.10 Å². The number of nitrogens with one attached hydrogen (secondary N) is 2. The lowest BCUT2D eigenvalue weighted by Crippen LogP contribution is -2.21. The summed E-state index contributed by atoms with van der Waals surface area (Å²) in [6, 6.07) is 18.8. The largest absolute Gasteiger partial charge is 0.321 e. The number of hydrogen-bond donors (Lipinski definition) is 2. The van der Waals surface area contributed by atoms with Gasteiger partial charge < -0.3 is 5.32 Å². The molecule has 4 heteroatoms. The van der Waals surface area contributed by atoms with E-state index in [0.717, 1.165) is 11.4 Å². The van der Waals surface area contributed by atoms with E-state index in [9.17, 15) is 4.79 Å². The molecule has 2 rings (SSSR count). The molecule has 0 aromatic heterocycles. The van der Waals surface area contributed by atoms with Gasteiger partial charge >= 0.3 is 0 Å². The highest BCUT2D eigenvalue weighted by Crippen LogP contribution is 2.06. The van der Waals surface area contributed by atoms with E-state index >= 15 is 0 Å². The van der Waals surface area contributed by atoms with Gasteiger partial charge in [-0.25, -0.2) is 0 Å². The highest BCUT2D eigenvalue weighted by atomic mass is 16.1. The second-order valence-corrected chi connectivity index (χ2v) is 4.00. The van der Waals surface area contributed by atoms with Crippen molar-refractivity contribution >= 4 is 23.0 Å². The molecule has 0 radical (unpaired) electrons. The molecule has 0 spiro atoms. The average Bonchev–Trinajstić information content (AvgIpc) is 2.47. The van der Waals surface area contributed by atoms with Gasteiger partial charge in [0.25, 0.3) is 5.91 Å². The number of amides is 1. The Morgan fingerprint density at radius 2 is 1.42 bits per heavy atom. The van der Waals surface area contributed by atoms with Gasteiger partial charge in [0.2, 0.25) is 0 Å². The second kappa shape index (κ2) is 6.35. The van der Waals surface area contributed by atoms with Crippen LogP contribution in [0.1, 0.15) is 6.92 Å². The van der Waals surface area contributed by atoms with Crippen LogP contribution >= 0.6 is 0 Å². The van der Waals surface area contributed by atoms with Crippen molar-refractivity contribution < 1.29 is 4.79 Å². The molecule has 0 aliphatic rings. The molecule has 0 bridgehead atoms. The summed E-state index contributed by atoms with van der Waals surface area (Å²) >= 11 is 0. The van der Waals surface area contributed by atoms with Crippen LogP contribution < -0.4 is 10.7 Å². The van der Waals surface area contributed by atoms with E-state index in [1.165, 1.54) is 0 Å². The fourth-order valence-electron chi connectivity index (χ4n) is 1.45. The Hall–Kier alpha value is -2.62. The van der Waals surface area contributed by atoms with E-state index in [4.69, 9.17) is 0 Å². The summed E-state index contributed by atoms with van der Waals surface area (Å²) < 4.78 is 0. The zero-order valence-corrected chi connectivity index (χ0v) is 10.6. The summed E-state index contributed by atoms with van der Waals surface area (Å²) in [4.78, 5) is 11.9. The molecule has 1 amide bonds. The summed E-state index contributed by atoms with van der Waals surface area (Å²) in [5.74, 6) is -0.227. The van der Waals surface area contributed by atoms with E-state index in [1.807, 2.05) is 60.7 Å². The quantitative estimate of drug-likeness (QED) is 0.649. The highest BCUT2D eigenvalue weighted by Gasteiger charge is 2.05. The Morgan fingerprint density at radius 3 is 2.00 bits per heavy atom. The van der Waals surface area contributed by atoms with Crippen LogP contribution in [0.5, 0.6) is 0 Å². The number of carbonyl (C=O) groups is 1. The zero-order chi connectivity index (χ0) is 13.5. The minimum absolute atomic E-state index is 0.227. The summed E-state index contributed by atoms with van der Waals surface area (Å²) in [6.45, 7) is 1.66. The van der Waals surface area contributed by atoms with Crippen LogP contribution in [0.25, 0.3) is 0 Å². The van der Waals surface area contributed by atoms with Crippen molar-refractivity contribution in [1.29, 1.82) is 0 Å². The monoisotopic (exact) mass is 253 g/mol. The van der Waals surface area contributed by atoms with Gasteiger partial charge in [0.05, 0.1) is 5.69 Å². The van der Waals surface area contributed by atoms with E-state index in [2.05, 4.69) is 15.8 Å². The Balaban J connectivity index is 1.95. The van der Waals surface area contributed by atoms with Crippen LogP contribution in [0, 0.1) is 0 Å². The third-order valence-corrected chi connectivity index (χ3v) is 2.49. The molecule has 0 aliphatic carbocycles.